The normalized spacial score (nSPS) is 17.3. The van der Waals surface area contributed by atoms with Crippen LogP contribution in [0.5, 0.6) is 0 Å². The molecule has 1 saturated heterocycles. The lowest BCUT2D eigenvalue weighted by Crippen LogP contribution is -2.27. The second kappa shape index (κ2) is 7.39. The fraction of sp³-hybridized carbons (Fsp3) is 0.474. The molecule has 5 heteroatoms. The minimum atomic E-state index is 0.538. The molecule has 1 aromatic heterocycles. The molecule has 1 aliphatic rings. The highest BCUT2D eigenvalue weighted by Gasteiger charge is 2.22. The number of hydrogen-bond acceptors (Lipinski definition) is 4. The van der Waals surface area contributed by atoms with Crippen LogP contribution in [0.3, 0.4) is 0 Å². The lowest BCUT2D eigenvalue weighted by molar-refractivity contribution is 0.724. The standard InChI is InChI=1S/C19H25ClN4/c1-4-6-15-12-18(24-10-5-7-14(24)3)23-19(21-15)22-16-9-8-13(2)17(20)11-16/h8-9,11-12,14H,4-7,10H2,1-3H3,(H,21,22,23)/t14-/m1/s1. The maximum absolute atomic E-state index is 6.23. The Morgan fingerprint density at radius 1 is 1.29 bits per heavy atom. The third-order valence-corrected chi connectivity index (χ3v) is 4.95. The molecule has 3 rings (SSSR count). The highest BCUT2D eigenvalue weighted by Crippen LogP contribution is 2.27. The van der Waals surface area contributed by atoms with Gasteiger partial charge in [-0.05, 0) is 50.8 Å². The minimum Gasteiger partial charge on any atom is -0.354 e. The molecule has 1 aromatic carbocycles. The van der Waals surface area contributed by atoms with Crippen molar-refractivity contribution in [3.63, 3.8) is 0 Å². The summed E-state index contributed by atoms with van der Waals surface area (Å²) in [5.41, 5.74) is 3.07. The van der Waals surface area contributed by atoms with Crippen molar-refractivity contribution in [1.29, 1.82) is 0 Å². The van der Waals surface area contributed by atoms with Crippen LogP contribution in [-0.4, -0.2) is 22.6 Å². The van der Waals surface area contributed by atoms with Gasteiger partial charge in [0.05, 0.1) is 0 Å². The molecule has 0 spiro atoms. The SMILES string of the molecule is CCCc1cc(N2CCC[C@H]2C)nc(Nc2ccc(C)c(Cl)c2)n1. The third-order valence-electron chi connectivity index (χ3n) is 4.55. The van der Waals surface area contributed by atoms with Crippen molar-refractivity contribution in [2.75, 3.05) is 16.8 Å². The van der Waals surface area contributed by atoms with Gasteiger partial charge in [0.2, 0.25) is 5.95 Å². The molecular weight excluding hydrogens is 320 g/mol. The van der Waals surface area contributed by atoms with Crippen LogP contribution >= 0.6 is 11.6 Å². The highest BCUT2D eigenvalue weighted by atomic mass is 35.5. The van der Waals surface area contributed by atoms with E-state index < -0.39 is 0 Å². The van der Waals surface area contributed by atoms with E-state index in [0.29, 0.717) is 12.0 Å². The highest BCUT2D eigenvalue weighted by molar-refractivity contribution is 6.31. The van der Waals surface area contributed by atoms with Gasteiger partial charge in [0.1, 0.15) is 5.82 Å². The summed E-state index contributed by atoms with van der Waals surface area (Å²) in [4.78, 5) is 11.8. The van der Waals surface area contributed by atoms with Crippen LogP contribution in [0.1, 0.15) is 44.4 Å². The fourth-order valence-corrected chi connectivity index (χ4v) is 3.32. The average molecular weight is 345 g/mol. The molecule has 128 valence electrons. The summed E-state index contributed by atoms with van der Waals surface area (Å²) in [5, 5.41) is 4.06. The van der Waals surface area contributed by atoms with Gasteiger partial charge >= 0.3 is 0 Å². The fourth-order valence-electron chi connectivity index (χ4n) is 3.14. The zero-order valence-corrected chi connectivity index (χ0v) is 15.4. The molecule has 0 radical (unpaired) electrons. The molecule has 0 unspecified atom stereocenters. The number of anilines is 3. The molecule has 1 aliphatic heterocycles. The van der Waals surface area contributed by atoms with Gasteiger partial charge in [-0.3, -0.25) is 0 Å². The molecule has 1 fully saturated rings. The predicted octanol–water partition coefficient (Wildman–Crippen LogP) is 5.12. The summed E-state index contributed by atoms with van der Waals surface area (Å²) in [6.45, 7) is 7.51. The minimum absolute atomic E-state index is 0.538. The first-order chi connectivity index (χ1) is 11.6. The number of aryl methyl sites for hydroxylation is 2. The number of hydrogen-bond donors (Lipinski definition) is 1. The van der Waals surface area contributed by atoms with E-state index in [1.54, 1.807) is 0 Å². The van der Waals surface area contributed by atoms with Gasteiger partial charge in [0.25, 0.3) is 0 Å². The monoisotopic (exact) mass is 344 g/mol. The van der Waals surface area contributed by atoms with Crippen LogP contribution in [0.15, 0.2) is 24.3 Å². The Hall–Kier alpha value is -1.81. The van der Waals surface area contributed by atoms with E-state index in [9.17, 15) is 0 Å². The maximum Gasteiger partial charge on any atom is 0.229 e. The summed E-state index contributed by atoms with van der Waals surface area (Å²) < 4.78 is 0. The van der Waals surface area contributed by atoms with Gasteiger partial charge < -0.3 is 10.2 Å². The van der Waals surface area contributed by atoms with E-state index in [2.05, 4.69) is 35.1 Å². The second-order valence-corrected chi connectivity index (χ2v) is 6.97. The number of nitrogens with one attached hydrogen (secondary N) is 1. The van der Waals surface area contributed by atoms with Crippen molar-refractivity contribution < 1.29 is 0 Å². The Morgan fingerprint density at radius 2 is 2.12 bits per heavy atom. The molecule has 0 bridgehead atoms. The Balaban J connectivity index is 1.90. The van der Waals surface area contributed by atoms with E-state index in [1.165, 1.54) is 12.8 Å². The molecular formula is C19H25ClN4. The van der Waals surface area contributed by atoms with E-state index >= 15 is 0 Å². The van der Waals surface area contributed by atoms with Gasteiger partial charge in [0, 0.05) is 35.1 Å². The first-order valence-corrected chi connectivity index (χ1v) is 9.12. The summed E-state index contributed by atoms with van der Waals surface area (Å²) >= 11 is 6.23. The van der Waals surface area contributed by atoms with Crippen LogP contribution in [0.2, 0.25) is 5.02 Å². The summed E-state index contributed by atoms with van der Waals surface area (Å²) in [6.07, 6.45) is 4.48. The zero-order chi connectivity index (χ0) is 17.1. The first-order valence-electron chi connectivity index (χ1n) is 8.74. The number of benzene rings is 1. The molecule has 0 saturated carbocycles. The maximum atomic E-state index is 6.23. The largest absolute Gasteiger partial charge is 0.354 e. The zero-order valence-electron chi connectivity index (χ0n) is 14.6. The number of nitrogens with zero attached hydrogens (tertiary/aromatic N) is 3. The van der Waals surface area contributed by atoms with E-state index in [0.717, 1.165) is 47.2 Å². The van der Waals surface area contributed by atoms with Crippen molar-refractivity contribution >= 4 is 29.1 Å². The van der Waals surface area contributed by atoms with Crippen molar-refractivity contribution in [3.8, 4) is 0 Å². The van der Waals surface area contributed by atoms with Crippen molar-refractivity contribution in [1.82, 2.24) is 9.97 Å². The van der Waals surface area contributed by atoms with Gasteiger partial charge in [-0.15, -0.1) is 0 Å². The topological polar surface area (TPSA) is 41.1 Å². The molecule has 1 N–H and O–H groups in total. The molecule has 2 heterocycles. The first kappa shape index (κ1) is 17.0. The molecule has 4 nitrogen and oxygen atoms in total. The Labute approximate surface area is 149 Å². The third kappa shape index (κ3) is 3.81. The lowest BCUT2D eigenvalue weighted by atomic mass is 10.2. The number of aromatic nitrogens is 2. The smallest absolute Gasteiger partial charge is 0.229 e. The van der Waals surface area contributed by atoms with Crippen molar-refractivity contribution in [2.24, 2.45) is 0 Å². The molecule has 24 heavy (non-hydrogen) atoms. The molecule has 0 amide bonds. The lowest BCUT2D eigenvalue weighted by Gasteiger charge is -2.23. The molecule has 1 atom stereocenters. The Morgan fingerprint density at radius 3 is 2.79 bits per heavy atom. The Bertz CT molecular complexity index is 717. The van der Waals surface area contributed by atoms with Crippen molar-refractivity contribution in [2.45, 2.75) is 52.5 Å². The van der Waals surface area contributed by atoms with E-state index in [-0.39, 0.29) is 0 Å². The number of rotatable bonds is 5. The quantitative estimate of drug-likeness (QED) is 0.817. The van der Waals surface area contributed by atoms with Gasteiger partial charge in [-0.25, -0.2) is 4.98 Å². The van der Waals surface area contributed by atoms with Crippen LogP contribution < -0.4 is 10.2 Å². The van der Waals surface area contributed by atoms with Gasteiger partial charge in [-0.1, -0.05) is 31.0 Å². The second-order valence-electron chi connectivity index (χ2n) is 6.56. The van der Waals surface area contributed by atoms with Gasteiger partial charge in [0.15, 0.2) is 0 Å². The summed E-state index contributed by atoms with van der Waals surface area (Å²) in [7, 11) is 0. The van der Waals surface area contributed by atoms with Crippen LogP contribution in [-0.2, 0) is 6.42 Å². The predicted molar refractivity (Wildman–Crippen MR) is 102 cm³/mol. The summed E-state index contributed by atoms with van der Waals surface area (Å²) in [6, 6.07) is 8.61. The Kier molecular flexibility index (Phi) is 5.24. The van der Waals surface area contributed by atoms with Crippen LogP contribution in [0.25, 0.3) is 0 Å². The van der Waals surface area contributed by atoms with Crippen LogP contribution in [0.4, 0.5) is 17.5 Å². The summed E-state index contributed by atoms with van der Waals surface area (Å²) in [5.74, 6) is 1.68. The molecule has 0 aliphatic carbocycles. The molecule has 2 aromatic rings. The number of halogens is 1. The average Bonchev–Trinajstić information content (AvgIpc) is 2.97. The van der Waals surface area contributed by atoms with E-state index in [1.807, 2.05) is 25.1 Å². The van der Waals surface area contributed by atoms with Crippen molar-refractivity contribution in [3.05, 3.63) is 40.5 Å². The van der Waals surface area contributed by atoms with Crippen LogP contribution in [0, 0.1) is 6.92 Å². The van der Waals surface area contributed by atoms with E-state index in [4.69, 9.17) is 16.6 Å². The van der Waals surface area contributed by atoms with Gasteiger partial charge in [-0.2, -0.15) is 4.98 Å².